The monoisotopic (exact) mass is 266 g/mol. The van der Waals surface area contributed by atoms with Crippen LogP contribution in [0, 0.1) is 10.1 Å². The van der Waals surface area contributed by atoms with Gasteiger partial charge in [-0.05, 0) is 19.8 Å². The largest absolute Gasteiger partial charge is 0.349 e. The SMILES string of the molecule is CCn1cc([N+](=O)[O-])cc1C(=O)NCCNC1CC1. The third kappa shape index (κ3) is 3.54. The van der Waals surface area contributed by atoms with Crippen LogP contribution >= 0.6 is 0 Å². The summed E-state index contributed by atoms with van der Waals surface area (Å²) < 4.78 is 1.59. The maximum Gasteiger partial charge on any atom is 0.287 e. The van der Waals surface area contributed by atoms with Crippen molar-refractivity contribution in [2.45, 2.75) is 32.4 Å². The fourth-order valence-electron chi connectivity index (χ4n) is 1.88. The van der Waals surface area contributed by atoms with Gasteiger partial charge in [0.25, 0.3) is 11.6 Å². The van der Waals surface area contributed by atoms with Crippen molar-refractivity contribution in [3.8, 4) is 0 Å². The van der Waals surface area contributed by atoms with Crippen LogP contribution in [-0.4, -0.2) is 34.5 Å². The molecule has 19 heavy (non-hydrogen) atoms. The average molecular weight is 266 g/mol. The van der Waals surface area contributed by atoms with E-state index in [1.54, 1.807) is 4.57 Å². The zero-order valence-electron chi connectivity index (χ0n) is 10.9. The zero-order valence-corrected chi connectivity index (χ0v) is 10.9. The molecule has 104 valence electrons. The predicted molar refractivity (Wildman–Crippen MR) is 70.1 cm³/mol. The molecule has 0 radical (unpaired) electrons. The van der Waals surface area contributed by atoms with Gasteiger partial charge in [-0.25, -0.2) is 0 Å². The Kier molecular flexibility index (Phi) is 4.16. The van der Waals surface area contributed by atoms with Gasteiger partial charge in [0, 0.05) is 31.7 Å². The van der Waals surface area contributed by atoms with Crippen molar-refractivity contribution >= 4 is 11.6 Å². The van der Waals surface area contributed by atoms with Crippen LogP contribution < -0.4 is 10.6 Å². The van der Waals surface area contributed by atoms with Crippen molar-refractivity contribution in [3.05, 3.63) is 28.1 Å². The highest BCUT2D eigenvalue weighted by molar-refractivity contribution is 5.93. The summed E-state index contributed by atoms with van der Waals surface area (Å²) in [7, 11) is 0. The lowest BCUT2D eigenvalue weighted by molar-refractivity contribution is -0.384. The molecule has 1 aromatic heterocycles. The minimum absolute atomic E-state index is 0.0527. The molecule has 1 aliphatic carbocycles. The Morgan fingerprint density at radius 3 is 2.84 bits per heavy atom. The molecule has 7 heteroatoms. The van der Waals surface area contributed by atoms with E-state index in [2.05, 4.69) is 10.6 Å². The number of nitrogens with one attached hydrogen (secondary N) is 2. The summed E-state index contributed by atoms with van der Waals surface area (Å²) >= 11 is 0. The van der Waals surface area contributed by atoms with Gasteiger partial charge >= 0.3 is 0 Å². The van der Waals surface area contributed by atoms with E-state index in [0.717, 1.165) is 6.54 Å². The third-order valence-electron chi connectivity index (χ3n) is 3.09. The fraction of sp³-hybridized carbons (Fsp3) is 0.583. The molecular formula is C12H18N4O3. The summed E-state index contributed by atoms with van der Waals surface area (Å²) in [5.41, 5.74) is 0.281. The molecule has 0 saturated heterocycles. The van der Waals surface area contributed by atoms with E-state index in [9.17, 15) is 14.9 Å². The Morgan fingerprint density at radius 1 is 1.53 bits per heavy atom. The maximum absolute atomic E-state index is 11.9. The molecule has 1 saturated carbocycles. The highest BCUT2D eigenvalue weighted by Crippen LogP contribution is 2.18. The summed E-state index contributed by atoms with van der Waals surface area (Å²) in [4.78, 5) is 22.1. The van der Waals surface area contributed by atoms with Crippen LogP contribution in [0.25, 0.3) is 0 Å². The van der Waals surface area contributed by atoms with Gasteiger partial charge in [-0.2, -0.15) is 0 Å². The van der Waals surface area contributed by atoms with Crippen molar-refractivity contribution < 1.29 is 9.72 Å². The minimum atomic E-state index is -0.489. The molecule has 0 unspecified atom stereocenters. The Labute approximate surface area is 111 Å². The molecule has 0 atom stereocenters. The number of rotatable bonds is 7. The molecule has 7 nitrogen and oxygen atoms in total. The quantitative estimate of drug-likeness (QED) is 0.436. The van der Waals surface area contributed by atoms with Gasteiger partial charge in [0.15, 0.2) is 0 Å². The van der Waals surface area contributed by atoms with E-state index in [1.807, 2.05) is 6.92 Å². The van der Waals surface area contributed by atoms with Gasteiger partial charge in [0.2, 0.25) is 0 Å². The summed E-state index contributed by atoms with van der Waals surface area (Å²) in [5.74, 6) is -0.271. The Balaban J connectivity index is 1.90. The fourth-order valence-corrected chi connectivity index (χ4v) is 1.88. The van der Waals surface area contributed by atoms with Crippen LogP contribution in [-0.2, 0) is 6.54 Å². The number of carbonyl (C=O) groups excluding carboxylic acids is 1. The summed E-state index contributed by atoms with van der Waals surface area (Å²) in [6.07, 6.45) is 3.80. The molecule has 1 fully saturated rings. The molecular weight excluding hydrogens is 248 g/mol. The van der Waals surface area contributed by atoms with Crippen LogP contribution in [0.2, 0.25) is 0 Å². The van der Waals surface area contributed by atoms with Crippen molar-refractivity contribution in [2.24, 2.45) is 0 Å². The molecule has 0 aliphatic heterocycles. The first-order valence-corrected chi connectivity index (χ1v) is 6.48. The Hall–Kier alpha value is -1.89. The van der Waals surface area contributed by atoms with E-state index in [1.165, 1.54) is 25.1 Å². The van der Waals surface area contributed by atoms with Crippen molar-refractivity contribution in [3.63, 3.8) is 0 Å². The minimum Gasteiger partial charge on any atom is -0.349 e. The predicted octanol–water partition coefficient (Wildman–Crippen LogP) is 0.898. The van der Waals surface area contributed by atoms with Gasteiger partial charge in [-0.1, -0.05) is 0 Å². The van der Waals surface area contributed by atoms with Gasteiger partial charge < -0.3 is 15.2 Å². The molecule has 0 spiro atoms. The van der Waals surface area contributed by atoms with E-state index in [4.69, 9.17) is 0 Å². The number of nitro groups is 1. The highest BCUT2D eigenvalue weighted by atomic mass is 16.6. The Bertz CT molecular complexity index is 479. The number of carbonyl (C=O) groups is 1. The Morgan fingerprint density at radius 2 is 2.26 bits per heavy atom. The van der Waals surface area contributed by atoms with E-state index in [0.29, 0.717) is 24.8 Å². The van der Waals surface area contributed by atoms with E-state index < -0.39 is 4.92 Å². The third-order valence-corrected chi connectivity index (χ3v) is 3.09. The second-order valence-corrected chi connectivity index (χ2v) is 4.61. The maximum atomic E-state index is 11.9. The standard InChI is InChI=1S/C12H18N4O3/c1-2-15-8-10(16(18)19)7-11(15)12(17)14-6-5-13-9-3-4-9/h7-9,13H,2-6H2,1H3,(H,14,17). The molecule has 0 bridgehead atoms. The molecule has 1 aliphatic rings. The van der Waals surface area contributed by atoms with Crippen molar-refractivity contribution in [1.82, 2.24) is 15.2 Å². The molecule has 1 amide bonds. The number of aryl methyl sites for hydroxylation is 1. The van der Waals surface area contributed by atoms with Gasteiger partial charge in [0.05, 0.1) is 11.1 Å². The van der Waals surface area contributed by atoms with Crippen LogP contribution in [0.4, 0.5) is 5.69 Å². The van der Waals surface area contributed by atoms with E-state index in [-0.39, 0.29) is 11.6 Å². The molecule has 2 rings (SSSR count). The summed E-state index contributed by atoms with van der Waals surface area (Å²) in [5, 5.41) is 16.7. The van der Waals surface area contributed by atoms with Crippen LogP contribution in [0.5, 0.6) is 0 Å². The lowest BCUT2D eigenvalue weighted by Crippen LogP contribution is -2.33. The van der Waals surface area contributed by atoms with Crippen LogP contribution in [0.3, 0.4) is 0 Å². The van der Waals surface area contributed by atoms with Crippen molar-refractivity contribution in [2.75, 3.05) is 13.1 Å². The number of nitrogens with zero attached hydrogens (tertiary/aromatic N) is 2. The number of hydrogen-bond donors (Lipinski definition) is 2. The smallest absolute Gasteiger partial charge is 0.287 e. The van der Waals surface area contributed by atoms with Crippen LogP contribution in [0.15, 0.2) is 12.3 Å². The second kappa shape index (κ2) is 5.83. The summed E-state index contributed by atoms with van der Waals surface area (Å²) in [6, 6.07) is 1.92. The zero-order chi connectivity index (χ0) is 13.8. The molecule has 1 heterocycles. The van der Waals surface area contributed by atoms with Gasteiger partial charge in [-0.3, -0.25) is 14.9 Å². The lowest BCUT2D eigenvalue weighted by Gasteiger charge is -2.07. The normalized spacial score (nSPS) is 14.4. The highest BCUT2D eigenvalue weighted by Gasteiger charge is 2.20. The molecule has 2 N–H and O–H groups in total. The summed E-state index contributed by atoms with van der Waals surface area (Å²) in [6.45, 7) is 3.62. The number of hydrogen-bond acceptors (Lipinski definition) is 4. The van der Waals surface area contributed by atoms with E-state index >= 15 is 0 Å². The first-order chi connectivity index (χ1) is 9.11. The molecule has 1 aromatic rings. The molecule has 0 aromatic carbocycles. The van der Waals surface area contributed by atoms with Crippen LogP contribution in [0.1, 0.15) is 30.3 Å². The second-order valence-electron chi connectivity index (χ2n) is 4.61. The number of aromatic nitrogens is 1. The number of amides is 1. The van der Waals surface area contributed by atoms with Gasteiger partial charge in [0.1, 0.15) is 5.69 Å². The topological polar surface area (TPSA) is 89.2 Å². The first kappa shape index (κ1) is 13.5. The lowest BCUT2D eigenvalue weighted by atomic mass is 10.3. The first-order valence-electron chi connectivity index (χ1n) is 6.48. The van der Waals surface area contributed by atoms with Gasteiger partial charge in [-0.15, -0.1) is 0 Å². The van der Waals surface area contributed by atoms with Crippen molar-refractivity contribution in [1.29, 1.82) is 0 Å². The average Bonchev–Trinajstić information content (AvgIpc) is 3.10.